The fraction of sp³-hybridized carbons (Fsp3) is 0.200. The SMILES string of the molecule is Cc1cc(C)c(-c2c3nc(cc4ccc(cc5nc(c6c7[nH]c2cc7C(=O)N(Cc2ccccc2)C6=O)CC5(C)C)[nH]4)C=C3)c(C)c1. The maximum absolute atomic E-state index is 14.5. The summed E-state index contributed by atoms with van der Waals surface area (Å²) in [7, 11) is 0. The standard InChI is InChI=1S/C40H35N5O2/c1-22-15-23(2)34(24(3)16-22)35-30-14-13-27(42-30)17-26-11-12-28(41-26)18-33-40(4,5)20-32(43-33)36-37-29(19-31(35)44-37)38(46)45(39(36)47)21-25-9-7-6-8-10-25/h6-19,41,44H,20-21H2,1-5H3. The second kappa shape index (κ2) is 10.5. The smallest absolute Gasteiger partial charge is 0.265 e. The lowest BCUT2D eigenvalue weighted by Crippen LogP contribution is -2.40. The van der Waals surface area contributed by atoms with Crippen LogP contribution in [-0.2, 0) is 18.4 Å². The number of hydrogen-bond acceptors (Lipinski definition) is 4. The van der Waals surface area contributed by atoms with Crippen LogP contribution in [0.4, 0.5) is 0 Å². The monoisotopic (exact) mass is 617 g/mol. The van der Waals surface area contributed by atoms with Gasteiger partial charge in [0.15, 0.2) is 0 Å². The van der Waals surface area contributed by atoms with Gasteiger partial charge in [-0.05, 0) is 85.5 Å². The predicted octanol–water partition coefficient (Wildman–Crippen LogP) is 8.39. The van der Waals surface area contributed by atoms with Crippen LogP contribution in [0.2, 0.25) is 0 Å². The van der Waals surface area contributed by atoms with Gasteiger partial charge in [0.1, 0.15) is 0 Å². The van der Waals surface area contributed by atoms with Gasteiger partial charge in [-0.15, -0.1) is 0 Å². The van der Waals surface area contributed by atoms with Crippen molar-refractivity contribution in [2.24, 2.45) is 0 Å². The van der Waals surface area contributed by atoms with Crippen molar-refractivity contribution in [3.05, 3.63) is 129 Å². The Kier molecular flexibility index (Phi) is 6.45. The molecule has 0 saturated heterocycles. The summed E-state index contributed by atoms with van der Waals surface area (Å²) in [6, 6.07) is 24.1. The highest BCUT2D eigenvalue weighted by atomic mass is 16.2. The molecule has 232 valence electrons. The third-order valence-electron chi connectivity index (χ3n) is 9.47. The van der Waals surface area contributed by atoms with E-state index in [4.69, 9.17) is 9.97 Å². The Morgan fingerprint density at radius 3 is 2.23 bits per heavy atom. The summed E-state index contributed by atoms with van der Waals surface area (Å²) in [5, 5.41) is 0. The van der Waals surface area contributed by atoms with Crippen molar-refractivity contribution in [1.82, 2.24) is 24.8 Å². The zero-order valence-electron chi connectivity index (χ0n) is 27.2. The normalized spacial score (nSPS) is 15.0. The summed E-state index contributed by atoms with van der Waals surface area (Å²) in [4.78, 5) is 47.5. The minimum Gasteiger partial charge on any atom is -0.355 e. The number of carbonyl (C=O) groups is 2. The van der Waals surface area contributed by atoms with E-state index >= 15 is 0 Å². The van der Waals surface area contributed by atoms with Gasteiger partial charge in [0.2, 0.25) is 0 Å². The van der Waals surface area contributed by atoms with E-state index < -0.39 is 0 Å². The van der Waals surface area contributed by atoms with Gasteiger partial charge in [-0.25, -0.2) is 4.98 Å². The highest BCUT2D eigenvalue weighted by molar-refractivity contribution is 6.22. The van der Waals surface area contributed by atoms with Crippen LogP contribution < -0.4 is 0 Å². The van der Waals surface area contributed by atoms with Gasteiger partial charge in [0.25, 0.3) is 11.8 Å². The minimum absolute atomic E-state index is 0.170. The van der Waals surface area contributed by atoms with Crippen molar-refractivity contribution in [3.63, 3.8) is 0 Å². The topological polar surface area (TPSA) is 94.7 Å². The first-order valence-electron chi connectivity index (χ1n) is 16.0. The van der Waals surface area contributed by atoms with E-state index in [1.54, 1.807) is 0 Å². The van der Waals surface area contributed by atoms with E-state index in [9.17, 15) is 9.59 Å². The van der Waals surface area contributed by atoms with Crippen LogP contribution in [0.25, 0.3) is 45.3 Å². The van der Waals surface area contributed by atoms with Crippen molar-refractivity contribution in [2.45, 2.75) is 53.0 Å². The molecule has 6 heterocycles. The Hall–Kier alpha value is -5.56. The number of amides is 2. The fourth-order valence-corrected chi connectivity index (χ4v) is 7.31. The van der Waals surface area contributed by atoms with Crippen LogP contribution in [0.1, 0.15) is 79.6 Å². The molecule has 3 aromatic heterocycles. The average Bonchev–Trinajstić information content (AvgIpc) is 3.81. The molecule has 0 unspecified atom stereocenters. The summed E-state index contributed by atoms with van der Waals surface area (Å²) in [6.07, 6.45) is 4.59. The molecular formula is C40H35N5O2. The number of aromatic amines is 2. The Labute approximate surface area is 273 Å². The second-order valence-corrected chi connectivity index (χ2v) is 13.6. The highest BCUT2D eigenvalue weighted by Gasteiger charge is 2.39. The summed E-state index contributed by atoms with van der Waals surface area (Å²) in [5.74, 6) is -0.669. The molecule has 8 bridgehead atoms. The summed E-state index contributed by atoms with van der Waals surface area (Å²) >= 11 is 0. The molecule has 5 aromatic rings. The molecule has 0 saturated carbocycles. The van der Waals surface area contributed by atoms with Crippen molar-refractivity contribution >= 4 is 46.0 Å². The molecule has 7 heteroatoms. The third kappa shape index (κ3) is 4.81. The van der Waals surface area contributed by atoms with Gasteiger partial charge in [-0.1, -0.05) is 61.9 Å². The van der Waals surface area contributed by atoms with Crippen molar-refractivity contribution in [1.29, 1.82) is 0 Å². The quantitative estimate of drug-likeness (QED) is 0.195. The number of imide groups is 1. The van der Waals surface area contributed by atoms with Crippen LogP contribution in [0.15, 0.2) is 72.8 Å². The van der Waals surface area contributed by atoms with E-state index in [1.807, 2.05) is 66.7 Å². The van der Waals surface area contributed by atoms with E-state index in [0.717, 1.165) is 61.4 Å². The number of rotatable bonds is 3. The molecule has 0 fully saturated rings. The fourth-order valence-electron chi connectivity index (χ4n) is 7.31. The lowest BCUT2D eigenvalue weighted by molar-refractivity contribution is 0.0597. The number of nitrogens with one attached hydrogen (secondary N) is 2. The molecule has 8 rings (SSSR count). The van der Waals surface area contributed by atoms with Gasteiger partial charge in [-0.2, -0.15) is 0 Å². The summed E-state index contributed by atoms with van der Waals surface area (Å²) in [6.45, 7) is 10.8. The Balaban J connectivity index is 1.52. The van der Waals surface area contributed by atoms with Crippen molar-refractivity contribution in [2.75, 3.05) is 0 Å². The number of hydrogen-bond donors (Lipinski definition) is 2. The molecule has 2 N–H and O–H groups in total. The molecule has 2 amide bonds. The Morgan fingerprint density at radius 2 is 1.49 bits per heavy atom. The van der Waals surface area contributed by atoms with Crippen LogP contribution >= 0.6 is 0 Å². The Morgan fingerprint density at radius 1 is 0.766 bits per heavy atom. The van der Waals surface area contributed by atoms with Gasteiger partial charge in [0.05, 0.1) is 40.3 Å². The van der Waals surface area contributed by atoms with E-state index in [0.29, 0.717) is 28.8 Å². The third-order valence-corrected chi connectivity index (χ3v) is 9.47. The molecule has 3 aliphatic heterocycles. The molecule has 0 radical (unpaired) electrons. The lowest BCUT2D eigenvalue weighted by Gasteiger charge is -2.25. The first-order chi connectivity index (χ1) is 22.6. The van der Waals surface area contributed by atoms with Gasteiger partial charge >= 0.3 is 0 Å². The number of aromatic nitrogens is 4. The van der Waals surface area contributed by atoms with Crippen LogP contribution in [0.5, 0.6) is 0 Å². The van der Waals surface area contributed by atoms with E-state index in [-0.39, 0.29) is 23.8 Å². The largest absolute Gasteiger partial charge is 0.355 e. The number of fused-ring (bicyclic) bond motifs is 8. The van der Waals surface area contributed by atoms with E-state index in [1.165, 1.54) is 10.5 Å². The molecular weight excluding hydrogens is 582 g/mol. The number of benzene rings is 2. The molecule has 2 aromatic carbocycles. The first-order valence-corrected chi connectivity index (χ1v) is 16.0. The van der Waals surface area contributed by atoms with Crippen LogP contribution in [0.3, 0.4) is 0 Å². The molecule has 7 nitrogen and oxygen atoms in total. The summed E-state index contributed by atoms with van der Waals surface area (Å²) in [5.41, 5.74) is 13.0. The van der Waals surface area contributed by atoms with Gasteiger partial charge < -0.3 is 9.97 Å². The number of H-pyrrole nitrogens is 2. The lowest BCUT2D eigenvalue weighted by atomic mass is 9.85. The summed E-state index contributed by atoms with van der Waals surface area (Å²) < 4.78 is 0. The minimum atomic E-state index is -0.341. The van der Waals surface area contributed by atoms with E-state index in [2.05, 4.69) is 62.8 Å². The van der Waals surface area contributed by atoms with Gasteiger partial charge in [-0.3, -0.25) is 19.5 Å². The first kappa shape index (κ1) is 28.9. The number of aryl methyl sites for hydroxylation is 3. The predicted molar refractivity (Wildman–Crippen MR) is 187 cm³/mol. The zero-order chi connectivity index (χ0) is 32.6. The van der Waals surface area contributed by atoms with Gasteiger partial charge in [0, 0.05) is 39.6 Å². The second-order valence-electron chi connectivity index (χ2n) is 13.6. The maximum Gasteiger partial charge on any atom is 0.265 e. The molecule has 0 atom stereocenters. The zero-order valence-corrected chi connectivity index (χ0v) is 27.2. The van der Waals surface area contributed by atoms with Crippen molar-refractivity contribution in [3.8, 4) is 11.1 Å². The highest BCUT2D eigenvalue weighted by Crippen LogP contribution is 2.40. The molecule has 47 heavy (non-hydrogen) atoms. The average molecular weight is 618 g/mol. The van der Waals surface area contributed by atoms with Crippen molar-refractivity contribution < 1.29 is 9.59 Å². The Bertz CT molecular complexity index is 2330. The molecule has 3 aliphatic rings. The molecule has 0 aliphatic carbocycles. The maximum atomic E-state index is 14.5. The van der Waals surface area contributed by atoms with Crippen LogP contribution in [0, 0.1) is 20.8 Å². The molecule has 0 spiro atoms. The number of nitrogens with zero attached hydrogens (tertiary/aromatic N) is 3. The number of carbonyl (C=O) groups excluding carboxylic acids is 2. The van der Waals surface area contributed by atoms with Crippen LogP contribution in [-0.4, -0.2) is 36.7 Å².